The van der Waals surface area contributed by atoms with Crippen LogP contribution in [0.1, 0.15) is 11.1 Å². The van der Waals surface area contributed by atoms with Crippen LogP contribution in [-0.2, 0) is 6.42 Å². The molecule has 2 aliphatic rings. The lowest BCUT2D eigenvalue weighted by Crippen LogP contribution is -2.17. The third-order valence-corrected chi connectivity index (χ3v) is 5.49. The minimum absolute atomic E-state index is 0.415. The van der Waals surface area contributed by atoms with Gasteiger partial charge in [0.05, 0.1) is 17.6 Å². The largest absolute Gasteiger partial charge is 0.234 e. The Bertz CT molecular complexity index is 1080. The number of benzene rings is 3. The van der Waals surface area contributed by atoms with Gasteiger partial charge in [-0.3, -0.25) is 0 Å². The molecule has 0 spiro atoms. The number of hydrogen-bond acceptors (Lipinski definition) is 2. The van der Waals surface area contributed by atoms with E-state index < -0.39 is 0 Å². The van der Waals surface area contributed by atoms with Gasteiger partial charge in [0.2, 0.25) is 0 Å². The van der Waals surface area contributed by atoms with Crippen molar-refractivity contribution >= 4 is 23.2 Å². The molecule has 3 aromatic rings. The molecule has 29 heavy (non-hydrogen) atoms. The summed E-state index contributed by atoms with van der Waals surface area (Å²) in [6.07, 6.45) is 11.9. The van der Waals surface area contributed by atoms with Gasteiger partial charge in [0.15, 0.2) is 0 Å². The fraction of sp³-hybridized carbons (Fsp3) is 0.0741. The first-order valence-corrected chi connectivity index (χ1v) is 10.0. The van der Waals surface area contributed by atoms with Crippen molar-refractivity contribution in [1.82, 2.24) is 0 Å². The minimum atomic E-state index is 0.415. The molecule has 1 atom stereocenters. The molecule has 0 aromatic heterocycles. The van der Waals surface area contributed by atoms with Gasteiger partial charge >= 0.3 is 0 Å². The normalized spacial score (nSPS) is 17.3. The van der Waals surface area contributed by atoms with Gasteiger partial charge in [-0.2, -0.15) is 5.10 Å². The molecule has 0 saturated carbocycles. The fourth-order valence-corrected chi connectivity index (χ4v) is 4.09. The lowest BCUT2D eigenvalue weighted by Gasteiger charge is -2.28. The summed E-state index contributed by atoms with van der Waals surface area (Å²) >= 11 is 0. The molecule has 0 radical (unpaired) electrons. The first-order chi connectivity index (χ1) is 14.4. The number of hydrazone groups is 1. The summed E-state index contributed by atoms with van der Waals surface area (Å²) < 4.78 is 0. The number of rotatable bonds is 4. The molecular weight excluding hydrogens is 352 g/mol. The standard InChI is InChI=1S/C27H22N2/c1-3-13-23(14-4-1)29(24-15-5-2-6-16-24)28-20-27-25-17-9-7-11-21(25)19-22-12-8-10-18-26(22)27/h1-18,20-21H,19H2/b28-20+. The molecule has 5 rings (SSSR count). The smallest absolute Gasteiger partial charge is 0.0652 e. The zero-order valence-electron chi connectivity index (χ0n) is 16.1. The second-order valence-corrected chi connectivity index (χ2v) is 7.31. The van der Waals surface area contributed by atoms with Gasteiger partial charge < -0.3 is 0 Å². The van der Waals surface area contributed by atoms with E-state index in [0.29, 0.717) is 5.92 Å². The van der Waals surface area contributed by atoms with E-state index in [1.807, 2.05) is 47.6 Å². The first-order valence-electron chi connectivity index (χ1n) is 10.0. The highest BCUT2D eigenvalue weighted by Gasteiger charge is 2.24. The SMILES string of the molecule is C1=CC2=C(/C=N/N(c3ccccc3)c3ccccc3)c3ccccc3CC2C=C1. The third kappa shape index (κ3) is 3.45. The maximum atomic E-state index is 4.97. The maximum absolute atomic E-state index is 4.97. The average molecular weight is 374 g/mol. The summed E-state index contributed by atoms with van der Waals surface area (Å²) in [5, 5.41) is 6.97. The van der Waals surface area contributed by atoms with Crippen LogP contribution in [0.25, 0.3) is 5.57 Å². The van der Waals surface area contributed by atoms with E-state index in [4.69, 9.17) is 5.10 Å². The molecule has 0 N–H and O–H groups in total. The maximum Gasteiger partial charge on any atom is 0.0652 e. The van der Waals surface area contributed by atoms with Crippen LogP contribution in [0.4, 0.5) is 11.4 Å². The molecule has 3 aromatic carbocycles. The van der Waals surface area contributed by atoms with E-state index in [1.54, 1.807) is 0 Å². The Morgan fingerprint density at radius 1 is 0.759 bits per heavy atom. The second-order valence-electron chi connectivity index (χ2n) is 7.31. The van der Waals surface area contributed by atoms with Crippen molar-refractivity contribution in [1.29, 1.82) is 0 Å². The molecule has 0 fully saturated rings. The Labute approximate surface area is 171 Å². The van der Waals surface area contributed by atoms with Gasteiger partial charge in [0, 0.05) is 11.5 Å². The van der Waals surface area contributed by atoms with Crippen LogP contribution in [0, 0.1) is 5.92 Å². The summed E-state index contributed by atoms with van der Waals surface area (Å²) in [5.74, 6) is 0.415. The average Bonchev–Trinajstić information content (AvgIpc) is 2.80. The lowest BCUT2D eigenvalue weighted by molar-refractivity contribution is 0.756. The molecule has 0 saturated heterocycles. The highest BCUT2D eigenvalue weighted by Crippen LogP contribution is 2.37. The first kappa shape index (κ1) is 17.4. The Morgan fingerprint density at radius 2 is 1.41 bits per heavy atom. The zero-order valence-corrected chi connectivity index (χ0v) is 16.1. The molecule has 2 nitrogen and oxygen atoms in total. The van der Waals surface area contributed by atoms with Crippen LogP contribution in [-0.4, -0.2) is 6.21 Å². The van der Waals surface area contributed by atoms with Crippen LogP contribution in [0.15, 0.2) is 120 Å². The molecule has 0 amide bonds. The zero-order chi connectivity index (χ0) is 19.5. The highest BCUT2D eigenvalue weighted by atomic mass is 15.5. The lowest BCUT2D eigenvalue weighted by atomic mass is 9.77. The van der Waals surface area contributed by atoms with E-state index >= 15 is 0 Å². The van der Waals surface area contributed by atoms with Crippen molar-refractivity contribution in [3.05, 3.63) is 126 Å². The van der Waals surface area contributed by atoms with Crippen LogP contribution >= 0.6 is 0 Å². The van der Waals surface area contributed by atoms with Crippen LogP contribution < -0.4 is 5.01 Å². The Hall–Kier alpha value is -3.65. The third-order valence-electron chi connectivity index (χ3n) is 5.49. The quantitative estimate of drug-likeness (QED) is 0.373. The van der Waals surface area contributed by atoms with E-state index in [-0.39, 0.29) is 0 Å². The summed E-state index contributed by atoms with van der Waals surface area (Å²) in [4.78, 5) is 0. The monoisotopic (exact) mass is 374 g/mol. The number of allylic oxidation sites excluding steroid dienone is 6. The molecule has 1 unspecified atom stereocenters. The number of para-hydroxylation sites is 2. The molecule has 0 aliphatic heterocycles. The van der Waals surface area contributed by atoms with Gasteiger partial charge in [-0.05, 0) is 47.4 Å². The van der Waals surface area contributed by atoms with Crippen molar-refractivity contribution in [3.63, 3.8) is 0 Å². The Morgan fingerprint density at radius 3 is 2.14 bits per heavy atom. The molecular formula is C27H22N2. The molecule has 0 heterocycles. The predicted octanol–water partition coefficient (Wildman–Crippen LogP) is 6.56. The summed E-state index contributed by atoms with van der Waals surface area (Å²) in [6.45, 7) is 0. The van der Waals surface area contributed by atoms with Crippen molar-refractivity contribution in [2.75, 3.05) is 5.01 Å². The topological polar surface area (TPSA) is 15.6 Å². The molecule has 2 heteroatoms. The minimum Gasteiger partial charge on any atom is -0.234 e. The second kappa shape index (κ2) is 7.76. The van der Waals surface area contributed by atoms with Crippen molar-refractivity contribution < 1.29 is 0 Å². The van der Waals surface area contributed by atoms with E-state index in [0.717, 1.165) is 17.8 Å². The van der Waals surface area contributed by atoms with Gasteiger partial charge in [-0.1, -0.05) is 85.0 Å². The van der Waals surface area contributed by atoms with Gasteiger partial charge in [0.25, 0.3) is 0 Å². The fourth-order valence-electron chi connectivity index (χ4n) is 4.09. The van der Waals surface area contributed by atoms with Gasteiger partial charge in [-0.25, -0.2) is 5.01 Å². The number of anilines is 2. The molecule has 140 valence electrons. The van der Waals surface area contributed by atoms with Crippen LogP contribution in [0.2, 0.25) is 0 Å². The number of fused-ring (bicyclic) bond motifs is 2. The summed E-state index contributed by atoms with van der Waals surface area (Å²) in [7, 11) is 0. The molecule has 0 bridgehead atoms. The van der Waals surface area contributed by atoms with E-state index in [9.17, 15) is 0 Å². The van der Waals surface area contributed by atoms with Crippen LogP contribution in [0.5, 0.6) is 0 Å². The Kier molecular flexibility index (Phi) is 4.67. The van der Waals surface area contributed by atoms with E-state index in [1.165, 1.54) is 22.3 Å². The van der Waals surface area contributed by atoms with Gasteiger partial charge in [0.1, 0.15) is 0 Å². The number of nitrogens with zero attached hydrogens (tertiary/aromatic N) is 2. The highest BCUT2D eigenvalue weighted by molar-refractivity contribution is 6.13. The van der Waals surface area contributed by atoms with Crippen LogP contribution in [0.3, 0.4) is 0 Å². The Balaban J connectivity index is 1.61. The molecule has 2 aliphatic carbocycles. The predicted molar refractivity (Wildman–Crippen MR) is 122 cm³/mol. The van der Waals surface area contributed by atoms with Crippen molar-refractivity contribution in [3.8, 4) is 0 Å². The van der Waals surface area contributed by atoms with Crippen molar-refractivity contribution in [2.45, 2.75) is 6.42 Å². The summed E-state index contributed by atoms with van der Waals surface area (Å²) in [5.41, 5.74) is 7.29. The van der Waals surface area contributed by atoms with E-state index in [2.05, 4.69) is 72.8 Å². The summed E-state index contributed by atoms with van der Waals surface area (Å²) in [6, 6.07) is 29.3. The number of hydrogen-bond donors (Lipinski definition) is 0. The van der Waals surface area contributed by atoms with Crippen molar-refractivity contribution in [2.24, 2.45) is 11.0 Å². The van der Waals surface area contributed by atoms with Gasteiger partial charge in [-0.15, -0.1) is 0 Å².